The molecule has 0 spiro atoms. The largest absolute Gasteiger partial charge is 0.491 e. The second-order valence-corrected chi connectivity index (χ2v) is 8.63. The van der Waals surface area contributed by atoms with Gasteiger partial charge in [0.05, 0.1) is 17.5 Å². The Morgan fingerprint density at radius 2 is 1.74 bits per heavy atom. The number of sulfonamides is 1. The zero-order valence-electron chi connectivity index (χ0n) is 16.1. The number of nitrogens with zero attached hydrogens (tertiary/aromatic N) is 1. The molecule has 1 N–H and O–H groups in total. The van der Waals surface area contributed by atoms with Crippen LogP contribution in [0.25, 0.3) is 0 Å². The van der Waals surface area contributed by atoms with E-state index in [0.29, 0.717) is 17.0 Å². The molecule has 2 aromatic rings. The van der Waals surface area contributed by atoms with Crippen LogP contribution in [0.1, 0.15) is 29.8 Å². The molecule has 0 aliphatic heterocycles. The van der Waals surface area contributed by atoms with Crippen molar-refractivity contribution in [1.82, 2.24) is 5.32 Å². The third kappa shape index (κ3) is 5.72. The molecule has 27 heavy (non-hydrogen) atoms. The van der Waals surface area contributed by atoms with Crippen LogP contribution in [-0.4, -0.2) is 39.8 Å². The summed E-state index contributed by atoms with van der Waals surface area (Å²) in [5.41, 5.74) is 1.93. The van der Waals surface area contributed by atoms with Gasteiger partial charge in [0.25, 0.3) is 5.91 Å². The summed E-state index contributed by atoms with van der Waals surface area (Å²) < 4.78 is 31.8. The van der Waals surface area contributed by atoms with Crippen molar-refractivity contribution in [3.05, 3.63) is 59.7 Å². The monoisotopic (exact) mass is 390 g/mol. The zero-order valence-corrected chi connectivity index (χ0v) is 16.9. The van der Waals surface area contributed by atoms with Gasteiger partial charge in [-0.05, 0) is 56.7 Å². The third-order valence-electron chi connectivity index (χ3n) is 4.02. The normalized spacial score (nSPS) is 11.3. The van der Waals surface area contributed by atoms with Crippen LogP contribution in [0.15, 0.2) is 48.5 Å². The molecule has 0 radical (unpaired) electrons. The Morgan fingerprint density at radius 1 is 1.11 bits per heavy atom. The Kier molecular flexibility index (Phi) is 6.85. The van der Waals surface area contributed by atoms with E-state index in [4.69, 9.17) is 4.74 Å². The number of anilines is 1. The van der Waals surface area contributed by atoms with Crippen molar-refractivity contribution in [1.29, 1.82) is 0 Å². The average Bonchev–Trinajstić information content (AvgIpc) is 2.61. The fraction of sp³-hybridized carbons (Fsp3) is 0.350. The molecule has 0 unspecified atom stereocenters. The SMILES string of the molecule is Cc1ccccc1C(=O)NCCS(=O)(=O)N(C)c1ccc(OC(C)C)cc1. The van der Waals surface area contributed by atoms with E-state index in [9.17, 15) is 13.2 Å². The Balaban J connectivity index is 1.95. The lowest BCUT2D eigenvalue weighted by Gasteiger charge is -2.20. The van der Waals surface area contributed by atoms with Gasteiger partial charge in [0.2, 0.25) is 10.0 Å². The van der Waals surface area contributed by atoms with Crippen LogP contribution in [0, 0.1) is 6.92 Å². The van der Waals surface area contributed by atoms with E-state index >= 15 is 0 Å². The fourth-order valence-corrected chi connectivity index (χ4v) is 3.60. The number of rotatable bonds is 8. The summed E-state index contributed by atoms with van der Waals surface area (Å²) in [7, 11) is -2.06. The molecule has 0 saturated heterocycles. The molecule has 2 rings (SSSR count). The number of carbonyl (C=O) groups is 1. The number of benzene rings is 2. The summed E-state index contributed by atoms with van der Waals surface area (Å²) in [6, 6.07) is 14.0. The Hall–Kier alpha value is -2.54. The van der Waals surface area contributed by atoms with E-state index < -0.39 is 10.0 Å². The second-order valence-electron chi connectivity index (χ2n) is 6.51. The molecule has 0 heterocycles. The van der Waals surface area contributed by atoms with Crippen LogP contribution < -0.4 is 14.4 Å². The highest BCUT2D eigenvalue weighted by Gasteiger charge is 2.19. The highest BCUT2D eigenvalue weighted by atomic mass is 32.2. The van der Waals surface area contributed by atoms with E-state index in [1.807, 2.05) is 32.9 Å². The van der Waals surface area contributed by atoms with Gasteiger partial charge in [-0.25, -0.2) is 8.42 Å². The molecule has 2 aromatic carbocycles. The molecule has 6 nitrogen and oxygen atoms in total. The van der Waals surface area contributed by atoms with E-state index in [-0.39, 0.29) is 24.3 Å². The fourth-order valence-electron chi connectivity index (χ4n) is 2.52. The van der Waals surface area contributed by atoms with E-state index in [0.717, 1.165) is 5.56 Å². The van der Waals surface area contributed by atoms with Gasteiger partial charge in [0, 0.05) is 19.2 Å². The highest BCUT2D eigenvalue weighted by molar-refractivity contribution is 7.92. The van der Waals surface area contributed by atoms with Crippen molar-refractivity contribution >= 4 is 21.6 Å². The first-order valence-electron chi connectivity index (χ1n) is 8.78. The van der Waals surface area contributed by atoms with Crippen LogP contribution >= 0.6 is 0 Å². The minimum atomic E-state index is -3.56. The lowest BCUT2D eigenvalue weighted by atomic mass is 10.1. The van der Waals surface area contributed by atoms with E-state index in [1.54, 1.807) is 36.4 Å². The number of hydrogen-bond donors (Lipinski definition) is 1. The van der Waals surface area contributed by atoms with Gasteiger partial charge >= 0.3 is 0 Å². The predicted molar refractivity (Wildman–Crippen MR) is 108 cm³/mol. The van der Waals surface area contributed by atoms with E-state index in [1.165, 1.54) is 11.4 Å². The second kappa shape index (κ2) is 8.90. The summed E-state index contributed by atoms with van der Waals surface area (Å²) in [6.07, 6.45) is 0.0502. The van der Waals surface area contributed by atoms with Crippen molar-refractivity contribution in [2.45, 2.75) is 26.9 Å². The van der Waals surface area contributed by atoms with Crippen molar-refractivity contribution < 1.29 is 17.9 Å². The molecule has 0 bridgehead atoms. The van der Waals surface area contributed by atoms with Crippen molar-refractivity contribution in [2.75, 3.05) is 23.7 Å². The first-order valence-corrected chi connectivity index (χ1v) is 10.4. The number of carbonyl (C=O) groups excluding carboxylic acids is 1. The maximum atomic E-state index is 12.5. The smallest absolute Gasteiger partial charge is 0.251 e. The summed E-state index contributed by atoms with van der Waals surface area (Å²) in [4.78, 5) is 12.2. The molecular formula is C20H26N2O4S. The Morgan fingerprint density at radius 3 is 2.33 bits per heavy atom. The molecule has 1 amide bonds. The van der Waals surface area contributed by atoms with Gasteiger partial charge in [-0.1, -0.05) is 18.2 Å². The molecule has 146 valence electrons. The van der Waals surface area contributed by atoms with Crippen LogP contribution in [0.4, 0.5) is 5.69 Å². The summed E-state index contributed by atoms with van der Waals surface area (Å²) in [6.45, 7) is 5.73. The van der Waals surface area contributed by atoms with Gasteiger partial charge in [-0.15, -0.1) is 0 Å². The molecule has 0 saturated carbocycles. The molecular weight excluding hydrogens is 364 g/mol. The minimum absolute atomic E-state index is 0.0361. The van der Waals surface area contributed by atoms with Crippen LogP contribution in [0.2, 0.25) is 0 Å². The first-order chi connectivity index (χ1) is 12.7. The molecule has 0 aliphatic rings. The topological polar surface area (TPSA) is 75.7 Å². The van der Waals surface area contributed by atoms with Gasteiger partial charge in [0.15, 0.2) is 0 Å². The first kappa shape index (κ1) is 20.8. The maximum absolute atomic E-state index is 12.5. The molecule has 0 fully saturated rings. The maximum Gasteiger partial charge on any atom is 0.251 e. The number of aryl methyl sites for hydroxylation is 1. The minimum Gasteiger partial charge on any atom is -0.491 e. The molecule has 7 heteroatoms. The Bertz CT molecular complexity index is 877. The molecule has 0 atom stereocenters. The van der Waals surface area contributed by atoms with Crippen molar-refractivity contribution in [3.8, 4) is 5.75 Å². The highest BCUT2D eigenvalue weighted by Crippen LogP contribution is 2.21. The zero-order chi connectivity index (χ0) is 20.0. The molecule has 0 aliphatic carbocycles. The Labute approximate surface area is 161 Å². The van der Waals surface area contributed by atoms with Crippen molar-refractivity contribution in [2.24, 2.45) is 0 Å². The summed E-state index contributed by atoms with van der Waals surface area (Å²) in [5.74, 6) is 0.219. The number of ether oxygens (including phenoxy) is 1. The van der Waals surface area contributed by atoms with Crippen LogP contribution in [-0.2, 0) is 10.0 Å². The quantitative estimate of drug-likeness (QED) is 0.752. The number of amides is 1. The van der Waals surface area contributed by atoms with E-state index in [2.05, 4.69) is 5.32 Å². The molecule has 0 aromatic heterocycles. The van der Waals surface area contributed by atoms with Crippen LogP contribution in [0.3, 0.4) is 0 Å². The standard InChI is InChI=1S/C20H26N2O4S/c1-15(2)26-18-11-9-17(10-12-18)22(4)27(24,25)14-13-21-20(23)19-8-6-5-7-16(19)3/h5-12,15H,13-14H2,1-4H3,(H,21,23). The van der Waals surface area contributed by atoms with Gasteiger partial charge < -0.3 is 10.1 Å². The third-order valence-corrected chi connectivity index (χ3v) is 5.79. The predicted octanol–water partition coefficient (Wildman–Crippen LogP) is 2.98. The summed E-state index contributed by atoms with van der Waals surface area (Å²) >= 11 is 0. The average molecular weight is 391 g/mol. The van der Waals surface area contributed by atoms with Gasteiger partial charge in [-0.3, -0.25) is 9.10 Å². The summed E-state index contributed by atoms with van der Waals surface area (Å²) in [5, 5.41) is 2.67. The van der Waals surface area contributed by atoms with Gasteiger partial charge in [0.1, 0.15) is 5.75 Å². The lowest BCUT2D eigenvalue weighted by Crippen LogP contribution is -2.35. The number of hydrogen-bond acceptors (Lipinski definition) is 4. The lowest BCUT2D eigenvalue weighted by molar-refractivity contribution is 0.0955. The van der Waals surface area contributed by atoms with Crippen LogP contribution in [0.5, 0.6) is 5.75 Å². The van der Waals surface area contributed by atoms with Crippen molar-refractivity contribution in [3.63, 3.8) is 0 Å². The van der Waals surface area contributed by atoms with Gasteiger partial charge in [-0.2, -0.15) is 0 Å². The number of nitrogens with one attached hydrogen (secondary N) is 1.